The average molecular weight is 375 g/mol. The van der Waals surface area contributed by atoms with Crippen LogP contribution in [0.5, 0.6) is 5.75 Å². The standard InChI is InChI=1S/C26H46O/c1-6-8-10-12-13-14-15-17-19-26(5,18-16-11-9-7-2)24-21-22(3)20-23(4)25(24)27/h20-21,27H,6-19H2,1-5H3. The molecule has 0 radical (unpaired) electrons. The van der Waals surface area contributed by atoms with Gasteiger partial charge in [0.2, 0.25) is 0 Å². The Bertz CT molecular complexity index is 519. The summed E-state index contributed by atoms with van der Waals surface area (Å²) in [5, 5.41) is 10.8. The van der Waals surface area contributed by atoms with Crippen molar-refractivity contribution in [2.24, 2.45) is 0 Å². The fraction of sp³-hybridized carbons (Fsp3) is 0.769. The van der Waals surface area contributed by atoms with Crippen molar-refractivity contribution >= 4 is 0 Å². The molecule has 1 nitrogen and oxygen atoms in total. The van der Waals surface area contributed by atoms with E-state index in [2.05, 4.69) is 39.8 Å². The molecule has 1 rings (SSSR count). The molecule has 0 aliphatic carbocycles. The molecular weight excluding hydrogens is 328 g/mol. The first-order valence-electron chi connectivity index (χ1n) is 11.7. The van der Waals surface area contributed by atoms with Gasteiger partial charge in [0.25, 0.3) is 0 Å². The molecule has 0 heterocycles. The Morgan fingerprint density at radius 2 is 1.15 bits per heavy atom. The van der Waals surface area contributed by atoms with Gasteiger partial charge in [0, 0.05) is 5.56 Å². The highest BCUT2D eigenvalue weighted by Gasteiger charge is 2.29. The summed E-state index contributed by atoms with van der Waals surface area (Å²) in [5.74, 6) is 0.540. The van der Waals surface area contributed by atoms with Crippen LogP contribution in [0.25, 0.3) is 0 Å². The van der Waals surface area contributed by atoms with Crippen molar-refractivity contribution in [3.05, 3.63) is 28.8 Å². The minimum Gasteiger partial charge on any atom is -0.507 e. The molecule has 1 atom stereocenters. The second-order valence-electron chi connectivity index (χ2n) is 9.07. The summed E-state index contributed by atoms with van der Waals surface area (Å²) in [5.41, 5.74) is 3.60. The monoisotopic (exact) mass is 374 g/mol. The maximum atomic E-state index is 10.8. The van der Waals surface area contributed by atoms with Crippen molar-refractivity contribution in [3.8, 4) is 5.75 Å². The van der Waals surface area contributed by atoms with E-state index in [0.717, 1.165) is 5.56 Å². The minimum absolute atomic E-state index is 0.108. The van der Waals surface area contributed by atoms with Crippen molar-refractivity contribution in [1.82, 2.24) is 0 Å². The van der Waals surface area contributed by atoms with Crippen molar-refractivity contribution in [2.45, 2.75) is 130 Å². The molecule has 1 unspecified atom stereocenters. The smallest absolute Gasteiger partial charge is 0.122 e. The Kier molecular flexibility index (Phi) is 11.8. The molecule has 27 heavy (non-hydrogen) atoms. The van der Waals surface area contributed by atoms with Gasteiger partial charge in [-0.3, -0.25) is 0 Å². The summed E-state index contributed by atoms with van der Waals surface area (Å²) in [6.07, 6.45) is 18.5. The molecule has 1 aromatic carbocycles. The lowest BCUT2D eigenvalue weighted by Crippen LogP contribution is -2.23. The van der Waals surface area contributed by atoms with Crippen LogP contribution in [0.15, 0.2) is 12.1 Å². The molecule has 0 saturated heterocycles. The lowest BCUT2D eigenvalue weighted by atomic mass is 9.73. The molecule has 0 aliphatic rings. The fourth-order valence-electron chi connectivity index (χ4n) is 4.41. The van der Waals surface area contributed by atoms with E-state index in [1.54, 1.807) is 0 Å². The number of phenols is 1. The van der Waals surface area contributed by atoms with Gasteiger partial charge in [-0.25, -0.2) is 0 Å². The molecule has 0 spiro atoms. The summed E-state index contributed by atoms with van der Waals surface area (Å²) in [7, 11) is 0. The van der Waals surface area contributed by atoms with E-state index in [-0.39, 0.29) is 5.41 Å². The van der Waals surface area contributed by atoms with Crippen LogP contribution in [0.4, 0.5) is 0 Å². The Balaban J connectivity index is 2.67. The highest BCUT2D eigenvalue weighted by Crippen LogP contribution is 2.41. The van der Waals surface area contributed by atoms with Gasteiger partial charge in [-0.2, -0.15) is 0 Å². The Hall–Kier alpha value is -0.980. The molecule has 0 amide bonds. The van der Waals surface area contributed by atoms with Crippen LogP contribution in [0.3, 0.4) is 0 Å². The van der Waals surface area contributed by atoms with E-state index in [1.165, 1.54) is 101 Å². The largest absolute Gasteiger partial charge is 0.507 e. The topological polar surface area (TPSA) is 20.2 Å². The van der Waals surface area contributed by atoms with Gasteiger partial charge in [-0.15, -0.1) is 0 Å². The Morgan fingerprint density at radius 1 is 0.704 bits per heavy atom. The minimum atomic E-state index is 0.108. The summed E-state index contributed by atoms with van der Waals surface area (Å²) >= 11 is 0. The van der Waals surface area contributed by atoms with Crippen LogP contribution >= 0.6 is 0 Å². The van der Waals surface area contributed by atoms with Gasteiger partial charge < -0.3 is 5.11 Å². The van der Waals surface area contributed by atoms with Crippen LogP contribution in [0.2, 0.25) is 0 Å². The number of phenolic OH excluding ortho intramolecular Hbond substituents is 1. The summed E-state index contributed by atoms with van der Waals surface area (Å²) in [4.78, 5) is 0. The lowest BCUT2D eigenvalue weighted by Gasteiger charge is -2.32. The van der Waals surface area contributed by atoms with Crippen molar-refractivity contribution in [1.29, 1.82) is 0 Å². The zero-order valence-electron chi connectivity index (χ0n) is 19.0. The van der Waals surface area contributed by atoms with E-state index in [4.69, 9.17) is 0 Å². The molecule has 0 aromatic heterocycles. The molecule has 0 saturated carbocycles. The third-order valence-electron chi connectivity index (χ3n) is 6.26. The summed E-state index contributed by atoms with van der Waals surface area (Å²) < 4.78 is 0. The number of rotatable bonds is 15. The maximum Gasteiger partial charge on any atom is 0.122 e. The van der Waals surface area contributed by atoms with E-state index >= 15 is 0 Å². The third-order valence-corrected chi connectivity index (χ3v) is 6.26. The molecular formula is C26H46O. The van der Waals surface area contributed by atoms with Crippen LogP contribution in [-0.4, -0.2) is 5.11 Å². The van der Waals surface area contributed by atoms with Crippen LogP contribution in [-0.2, 0) is 5.41 Å². The van der Waals surface area contributed by atoms with Gasteiger partial charge in [-0.1, -0.05) is 116 Å². The molecule has 1 heteroatoms. The van der Waals surface area contributed by atoms with Gasteiger partial charge >= 0.3 is 0 Å². The molecule has 1 N–H and O–H groups in total. The van der Waals surface area contributed by atoms with Crippen molar-refractivity contribution < 1.29 is 5.11 Å². The quantitative estimate of drug-likeness (QED) is 0.304. The van der Waals surface area contributed by atoms with Crippen molar-refractivity contribution in [3.63, 3.8) is 0 Å². The number of hydrogen-bond donors (Lipinski definition) is 1. The van der Waals surface area contributed by atoms with Crippen LogP contribution in [0.1, 0.15) is 127 Å². The first-order valence-corrected chi connectivity index (χ1v) is 11.7. The maximum absolute atomic E-state index is 10.8. The van der Waals surface area contributed by atoms with Crippen molar-refractivity contribution in [2.75, 3.05) is 0 Å². The normalized spacial score (nSPS) is 13.7. The molecule has 0 bridgehead atoms. The number of aromatic hydroxyl groups is 1. The first-order chi connectivity index (χ1) is 12.9. The van der Waals surface area contributed by atoms with E-state index in [1.807, 2.05) is 6.92 Å². The first kappa shape index (κ1) is 24.1. The van der Waals surface area contributed by atoms with E-state index in [9.17, 15) is 5.11 Å². The van der Waals surface area contributed by atoms with Gasteiger partial charge in [0.1, 0.15) is 5.75 Å². The summed E-state index contributed by atoms with van der Waals surface area (Å²) in [6.45, 7) is 11.1. The second-order valence-corrected chi connectivity index (χ2v) is 9.07. The second kappa shape index (κ2) is 13.2. The number of unbranched alkanes of at least 4 members (excludes halogenated alkanes) is 10. The number of benzene rings is 1. The SMILES string of the molecule is CCCCCCCCCCC(C)(CCCCCC)c1cc(C)cc(C)c1O. The van der Waals surface area contributed by atoms with Crippen LogP contribution < -0.4 is 0 Å². The number of aryl methyl sites for hydroxylation is 2. The fourth-order valence-corrected chi connectivity index (χ4v) is 4.41. The zero-order chi connectivity index (χ0) is 20.1. The third kappa shape index (κ3) is 8.71. The van der Waals surface area contributed by atoms with Gasteiger partial charge in [0.15, 0.2) is 0 Å². The van der Waals surface area contributed by atoms with E-state index in [0.29, 0.717) is 5.75 Å². The molecule has 0 fully saturated rings. The summed E-state index contributed by atoms with van der Waals surface area (Å²) in [6, 6.07) is 4.35. The Labute approximate surface area is 170 Å². The highest BCUT2D eigenvalue weighted by molar-refractivity contribution is 5.46. The molecule has 156 valence electrons. The predicted octanol–water partition coefficient (Wildman–Crippen LogP) is 8.77. The predicted molar refractivity (Wildman–Crippen MR) is 121 cm³/mol. The zero-order valence-corrected chi connectivity index (χ0v) is 19.0. The number of hydrogen-bond acceptors (Lipinski definition) is 1. The molecule has 0 aliphatic heterocycles. The molecule has 1 aromatic rings. The van der Waals surface area contributed by atoms with E-state index < -0.39 is 0 Å². The average Bonchev–Trinajstić information content (AvgIpc) is 2.64. The Morgan fingerprint density at radius 3 is 1.67 bits per heavy atom. The highest BCUT2D eigenvalue weighted by atomic mass is 16.3. The lowest BCUT2D eigenvalue weighted by molar-refractivity contribution is 0.345. The van der Waals surface area contributed by atoms with Gasteiger partial charge in [0.05, 0.1) is 0 Å². The van der Waals surface area contributed by atoms with Gasteiger partial charge in [-0.05, 0) is 37.7 Å². The van der Waals surface area contributed by atoms with Crippen LogP contribution in [0, 0.1) is 13.8 Å².